The highest BCUT2D eigenvalue weighted by molar-refractivity contribution is 5.79. The summed E-state index contributed by atoms with van der Waals surface area (Å²) in [6, 6.07) is 10.4. The Morgan fingerprint density at radius 3 is 2.67 bits per heavy atom. The maximum Gasteiger partial charge on any atom is 0.324 e. The van der Waals surface area contributed by atoms with Crippen molar-refractivity contribution in [3.63, 3.8) is 0 Å². The number of benzene rings is 1. The van der Waals surface area contributed by atoms with Gasteiger partial charge < -0.3 is 4.74 Å². The van der Waals surface area contributed by atoms with Crippen LogP contribution < -0.4 is 0 Å². The molecular weight excluding hydrogens is 190 g/mol. The van der Waals surface area contributed by atoms with E-state index in [-0.39, 0.29) is 12.0 Å². The molecule has 15 heavy (non-hydrogen) atoms. The van der Waals surface area contributed by atoms with Crippen molar-refractivity contribution in [2.75, 3.05) is 7.11 Å². The fraction of sp³-hybridized carbons (Fsp3) is 0.417. The van der Waals surface area contributed by atoms with Crippen LogP contribution in [0.4, 0.5) is 0 Å². The number of hydrogen-bond donors (Lipinski definition) is 0. The van der Waals surface area contributed by atoms with Crippen LogP contribution in [0.2, 0.25) is 0 Å². The summed E-state index contributed by atoms with van der Waals surface area (Å²) in [5.74, 6) is -0.126. The molecular formula is C12H15NO2. The number of carbonyl (C=O) groups excluding carboxylic acids is 1. The highest BCUT2D eigenvalue weighted by atomic mass is 16.5. The van der Waals surface area contributed by atoms with Crippen molar-refractivity contribution in [1.29, 1.82) is 0 Å². The van der Waals surface area contributed by atoms with Crippen molar-refractivity contribution >= 4 is 5.97 Å². The molecule has 1 aromatic carbocycles. The summed E-state index contributed by atoms with van der Waals surface area (Å²) < 4.78 is 4.73. The first-order valence-corrected chi connectivity index (χ1v) is 5.11. The normalized spacial score (nSPS) is 28.5. The van der Waals surface area contributed by atoms with Crippen LogP contribution in [0.1, 0.15) is 12.5 Å². The third-order valence-corrected chi connectivity index (χ3v) is 2.90. The molecule has 1 aromatic rings. The summed E-state index contributed by atoms with van der Waals surface area (Å²) in [4.78, 5) is 13.4. The van der Waals surface area contributed by atoms with Crippen molar-refractivity contribution in [3.8, 4) is 0 Å². The van der Waals surface area contributed by atoms with Crippen molar-refractivity contribution in [1.82, 2.24) is 4.90 Å². The summed E-state index contributed by atoms with van der Waals surface area (Å²) in [6.45, 7) is 2.87. The van der Waals surface area contributed by atoms with Crippen molar-refractivity contribution in [3.05, 3.63) is 35.9 Å². The van der Waals surface area contributed by atoms with Gasteiger partial charge in [0.1, 0.15) is 6.04 Å². The average molecular weight is 205 g/mol. The lowest BCUT2D eigenvalue weighted by atomic mass is 10.2. The van der Waals surface area contributed by atoms with Gasteiger partial charge in [0.05, 0.1) is 7.11 Å². The van der Waals surface area contributed by atoms with Crippen LogP contribution in [0.25, 0.3) is 0 Å². The molecule has 1 heterocycles. The molecule has 0 N–H and O–H groups in total. The molecule has 3 nitrogen and oxygen atoms in total. The molecule has 0 bridgehead atoms. The molecule has 3 heteroatoms. The molecule has 0 aromatic heterocycles. The van der Waals surface area contributed by atoms with E-state index in [9.17, 15) is 4.79 Å². The van der Waals surface area contributed by atoms with Gasteiger partial charge in [-0.25, -0.2) is 0 Å². The van der Waals surface area contributed by atoms with Gasteiger partial charge in [-0.2, -0.15) is 0 Å². The molecule has 0 radical (unpaired) electrons. The van der Waals surface area contributed by atoms with Gasteiger partial charge in [-0.15, -0.1) is 0 Å². The van der Waals surface area contributed by atoms with E-state index < -0.39 is 0 Å². The number of esters is 1. The standard InChI is InChI=1S/C12H15NO2/c1-9-11(12(14)15-2)13(9)8-10-6-4-3-5-7-10/h3-7,9,11H,8H2,1-2H3/t9-,11-,13?/m1/s1. The minimum Gasteiger partial charge on any atom is -0.468 e. The zero-order valence-corrected chi connectivity index (χ0v) is 9.01. The third-order valence-electron chi connectivity index (χ3n) is 2.90. The second-order valence-electron chi connectivity index (χ2n) is 3.87. The maximum atomic E-state index is 11.3. The van der Waals surface area contributed by atoms with Crippen LogP contribution >= 0.6 is 0 Å². The first-order chi connectivity index (χ1) is 7.24. The zero-order chi connectivity index (χ0) is 10.8. The molecule has 0 saturated carbocycles. The SMILES string of the molecule is COC(=O)[C@H]1[C@@H](C)N1Cc1ccccc1. The Morgan fingerprint density at radius 2 is 2.07 bits per heavy atom. The van der Waals surface area contributed by atoms with Gasteiger partial charge in [0.25, 0.3) is 0 Å². The molecule has 0 aliphatic carbocycles. The van der Waals surface area contributed by atoms with Gasteiger partial charge >= 0.3 is 5.97 Å². The lowest BCUT2D eigenvalue weighted by Crippen LogP contribution is -2.14. The summed E-state index contributed by atoms with van der Waals surface area (Å²) in [5, 5.41) is 0. The van der Waals surface area contributed by atoms with E-state index in [1.807, 2.05) is 25.1 Å². The van der Waals surface area contributed by atoms with Crippen molar-refractivity contribution in [2.24, 2.45) is 0 Å². The highest BCUT2D eigenvalue weighted by Gasteiger charge is 2.49. The third kappa shape index (κ3) is 2.02. The van der Waals surface area contributed by atoms with Crippen LogP contribution in [0.15, 0.2) is 30.3 Å². The number of rotatable bonds is 3. The Labute approximate surface area is 89.7 Å². The van der Waals surface area contributed by atoms with E-state index in [1.54, 1.807) is 0 Å². The summed E-state index contributed by atoms with van der Waals surface area (Å²) in [7, 11) is 1.44. The summed E-state index contributed by atoms with van der Waals surface area (Å²) in [5.41, 5.74) is 1.23. The van der Waals surface area contributed by atoms with E-state index in [1.165, 1.54) is 12.7 Å². The van der Waals surface area contributed by atoms with E-state index in [2.05, 4.69) is 17.0 Å². The molecule has 1 aliphatic rings. The Morgan fingerprint density at radius 1 is 1.40 bits per heavy atom. The van der Waals surface area contributed by atoms with Crippen molar-refractivity contribution in [2.45, 2.75) is 25.6 Å². The molecule has 2 rings (SSSR count). The Balaban J connectivity index is 1.96. The molecule has 1 aliphatic heterocycles. The quantitative estimate of drug-likeness (QED) is 0.552. The first-order valence-electron chi connectivity index (χ1n) is 5.11. The second-order valence-corrected chi connectivity index (χ2v) is 3.87. The largest absolute Gasteiger partial charge is 0.468 e. The van der Waals surface area contributed by atoms with E-state index >= 15 is 0 Å². The average Bonchev–Trinajstić information content (AvgIpc) is 2.89. The Bertz CT molecular complexity index is 350. The van der Waals surface area contributed by atoms with Gasteiger partial charge in [-0.05, 0) is 12.5 Å². The van der Waals surface area contributed by atoms with Crippen LogP contribution in [0.5, 0.6) is 0 Å². The lowest BCUT2D eigenvalue weighted by molar-refractivity contribution is -0.140. The van der Waals surface area contributed by atoms with Crippen molar-refractivity contribution < 1.29 is 9.53 Å². The smallest absolute Gasteiger partial charge is 0.324 e. The molecule has 1 saturated heterocycles. The van der Waals surface area contributed by atoms with E-state index in [4.69, 9.17) is 4.74 Å². The van der Waals surface area contributed by atoms with E-state index in [0.717, 1.165) is 6.54 Å². The predicted molar refractivity (Wildman–Crippen MR) is 57.3 cm³/mol. The first kappa shape index (κ1) is 10.2. The highest BCUT2D eigenvalue weighted by Crippen LogP contribution is 2.30. The monoisotopic (exact) mass is 205 g/mol. The molecule has 3 atom stereocenters. The molecule has 0 spiro atoms. The zero-order valence-electron chi connectivity index (χ0n) is 9.01. The maximum absolute atomic E-state index is 11.3. The second kappa shape index (κ2) is 4.03. The van der Waals surface area contributed by atoms with Gasteiger partial charge in [0.15, 0.2) is 0 Å². The summed E-state index contributed by atoms with van der Waals surface area (Å²) in [6.07, 6.45) is 0. The number of nitrogens with zero attached hydrogens (tertiary/aromatic N) is 1. The van der Waals surface area contributed by atoms with E-state index in [0.29, 0.717) is 6.04 Å². The van der Waals surface area contributed by atoms with Crippen LogP contribution in [-0.4, -0.2) is 30.1 Å². The molecule has 0 amide bonds. The number of carbonyl (C=O) groups is 1. The van der Waals surface area contributed by atoms with Gasteiger partial charge in [-0.1, -0.05) is 30.3 Å². The lowest BCUT2D eigenvalue weighted by Gasteiger charge is -2.02. The van der Waals surface area contributed by atoms with Crippen LogP contribution in [0.3, 0.4) is 0 Å². The van der Waals surface area contributed by atoms with Crippen LogP contribution in [0, 0.1) is 0 Å². The van der Waals surface area contributed by atoms with Gasteiger partial charge in [0, 0.05) is 12.6 Å². The fourth-order valence-electron chi connectivity index (χ4n) is 1.90. The summed E-state index contributed by atoms with van der Waals surface area (Å²) >= 11 is 0. The Hall–Kier alpha value is -1.35. The number of methoxy groups -OCH3 is 1. The number of ether oxygens (including phenoxy) is 1. The topological polar surface area (TPSA) is 29.3 Å². The van der Waals surface area contributed by atoms with Gasteiger partial charge in [-0.3, -0.25) is 9.69 Å². The van der Waals surface area contributed by atoms with Crippen LogP contribution in [-0.2, 0) is 16.1 Å². The molecule has 80 valence electrons. The van der Waals surface area contributed by atoms with Gasteiger partial charge in [0.2, 0.25) is 0 Å². The number of hydrogen-bond acceptors (Lipinski definition) is 3. The molecule has 1 fully saturated rings. The minimum absolute atomic E-state index is 0.0461. The fourth-order valence-corrected chi connectivity index (χ4v) is 1.90. The Kier molecular flexibility index (Phi) is 2.73. The predicted octanol–water partition coefficient (Wildman–Crippen LogP) is 1.43. The molecule has 1 unspecified atom stereocenters. The minimum atomic E-state index is -0.126.